The van der Waals surface area contributed by atoms with Crippen LogP contribution in [0, 0.1) is 19.7 Å². The molecule has 0 aliphatic heterocycles. The molecular formula is C7H11N3NiO. The van der Waals surface area contributed by atoms with E-state index in [9.17, 15) is 0 Å². The summed E-state index contributed by atoms with van der Waals surface area (Å²) in [6, 6.07) is 0. The van der Waals surface area contributed by atoms with E-state index in [1.165, 1.54) is 21.1 Å². The molecule has 0 atom stereocenters. The number of carbonyl (C=O) groups excluding carboxylic acids is 1. The molecule has 0 aliphatic carbocycles. The van der Waals surface area contributed by atoms with Crippen LogP contribution in [0.15, 0.2) is 0 Å². The van der Waals surface area contributed by atoms with E-state index in [0.29, 0.717) is 0 Å². The number of hydrogen-bond donors (Lipinski definition) is 0. The Balaban J connectivity index is -0.0000000179. The van der Waals surface area contributed by atoms with Gasteiger partial charge in [-0.3, -0.25) is 0 Å². The zero-order valence-electron chi connectivity index (χ0n) is 7.27. The van der Waals surface area contributed by atoms with Gasteiger partial charge >= 0.3 is 0 Å². The molecule has 0 amide bonds. The van der Waals surface area contributed by atoms with Crippen LogP contribution in [0.4, 0.5) is 0 Å². The molecule has 4 nitrogen and oxygen atoms in total. The van der Waals surface area contributed by atoms with Crippen LogP contribution in [0.5, 0.6) is 0 Å². The van der Waals surface area contributed by atoms with Crippen molar-refractivity contribution >= 4 is 6.79 Å². The van der Waals surface area contributed by atoms with E-state index in [1.54, 1.807) is 0 Å². The van der Waals surface area contributed by atoms with E-state index in [1.807, 2.05) is 6.79 Å². The first-order chi connectivity index (χ1) is 5.24. The van der Waals surface area contributed by atoms with Crippen molar-refractivity contribution in [2.75, 3.05) is 21.1 Å². The summed E-state index contributed by atoms with van der Waals surface area (Å²) in [7, 11) is 4.25. The molecule has 0 aromatic rings. The van der Waals surface area contributed by atoms with Crippen molar-refractivity contribution in [3.8, 4) is 0 Å². The van der Waals surface area contributed by atoms with Gasteiger partial charge in [0, 0.05) is 16.5 Å². The van der Waals surface area contributed by atoms with Crippen molar-refractivity contribution in [1.82, 2.24) is 0 Å². The molecule has 0 heterocycles. The van der Waals surface area contributed by atoms with Gasteiger partial charge in [-0.05, 0) is 0 Å². The quantitative estimate of drug-likeness (QED) is 0.441. The normalized spacial score (nSPS) is 2.33. The van der Waals surface area contributed by atoms with Crippen LogP contribution in [0.25, 0.3) is 14.5 Å². The molecule has 0 unspecified atom stereocenters. The van der Waals surface area contributed by atoms with Crippen molar-refractivity contribution in [1.29, 1.82) is 0 Å². The minimum atomic E-state index is 0. The predicted octanol–water partition coefficient (Wildman–Crippen LogP) is 1.42. The summed E-state index contributed by atoms with van der Waals surface area (Å²) >= 11 is 0. The van der Waals surface area contributed by atoms with Gasteiger partial charge in [0.05, 0.1) is 0 Å². The molecule has 0 aromatic carbocycles. The van der Waals surface area contributed by atoms with Gasteiger partial charge < -0.3 is 19.3 Å². The number of hydrogen-bond acceptors (Lipinski definition) is 1. The van der Waals surface area contributed by atoms with Crippen LogP contribution in [0.2, 0.25) is 0 Å². The Labute approximate surface area is 84.0 Å². The van der Waals surface area contributed by atoms with Crippen LogP contribution >= 0.6 is 0 Å². The standard InChI is InChI=1S/3C2H3N.CH2O.Ni/c3*1-3-2;1-2;/h3*1H3;1H2;. The van der Waals surface area contributed by atoms with E-state index in [0.717, 1.165) is 0 Å². The molecule has 0 rings (SSSR count). The maximum atomic E-state index is 8.00. The molecule has 0 N–H and O–H groups in total. The second-order valence-electron chi connectivity index (χ2n) is 0.671. The Morgan fingerprint density at radius 2 is 0.833 bits per heavy atom. The molecule has 0 fully saturated rings. The second-order valence-corrected chi connectivity index (χ2v) is 0.671. The zero-order chi connectivity index (χ0) is 10.1. The van der Waals surface area contributed by atoms with Gasteiger partial charge in [-0.1, -0.05) is 0 Å². The van der Waals surface area contributed by atoms with E-state index < -0.39 is 0 Å². The van der Waals surface area contributed by atoms with Crippen LogP contribution in [0.1, 0.15) is 0 Å². The zero-order valence-corrected chi connectivity index (χ0v) is 8.26. The molecule has 0 radical (unpaired) electrons. The van der Waals surface area contributed by atoms with Crippen LogP contribution in [-0.4, -0.2) is 27.9 Å². The monoisotopic (exact) mass is 211 g/mol. The molecule has 0 aromatic heterocycles. The number of carbonyl (C=O) groups is 1. The molecule has 5 heteroatoms. The van der Waals surface area contributed by atoms with Gasteiger partial charge in [-0.25, -0.2) is 19.7 Å². The molecule has 0 saturated carbocycles. The van der Waals surface area contributed by atoms with E-state index >= 15 is 0 Å². The molecule has 12 heavy (non-hydrogen) atoms. The Bertz CT molecular complexity index is 123. The topological polar surface area (TPSA) is 30.1 Å². The molecule has 0 spiro atoms. The second kappa shape index (κ2) is 269. The van der Waals surface area contributed by atoms with Crippen molar-refractivity contribution in [3.63, 3.8) is 0 Å². The Morgan fingerprint density at radius 1 is 0.833 bits per heavy atom. The Morgan fingerprint density at radius 3 is 0.833 bits per heavy atom. The minimum absolute atomic E-state index is 0. The van der Waals surface area contributed by atoms with Gasteiger partial charge in [-0.2, -0.15) is 0 Å². The van der Waals surface area contributed by atoms with Gasteiger partial charge in [0.25, 0.3) is 0 Å². The maximum Gasteiger partial charge on any atom is 0.205 e. The first-order valence-corrected chi connectivity index (χ1v) is 2.30. The summed E-state index contributed by atoms with van der Waals surface area (Å²) in [5.41, 5.74) is 0. The summed E-state index contributed by atoms with van der Waals surface area (Å²) < 4.78 is 0. The first kappa shape index (κ1) is 31.1. The summed E-state index contributed by atoms with van der Waals surface area (Å²) in [4.78, 5) is 16.2. The van der Waals surface area contributed by atoms with Crippen LogP contribution < -0.4 is 0 Å². The first-order valence-electron chi connectivity index (χ1n) is 2.30. The minimum Gasteiger partial charge on any atom is -0.320 e. The molecule has 0 bridgehead atoms. The number of rotatable bonds is 0. The van der Waals surface area contributed by atoms with Gasteiger partial charge in [-0.15, -0.1) is 0 Å². The van der Waals surface area contributed by atoms with E-state index in [2.05, 4.69) is 14.5 Å². The van der Waals surface area contributed by atoms with Gasteiger partial charge in [0.2, 0.25) is 21.1 Å². The molecule has 70 valence electrons. The van der Waals surface area contributed by atoms with E-state index in [4.69, 9.17) is 24.5 Å². The smallest absolute Gasteiger partial charge is 0.205 e. The SMILES string of the molecule is C=O.[C-]#[N+]C.[C-]#[N+]C.[C-]#[N+]C.[Ni]. The fraction of sp³-hybridized carbons (Fsp3) is 0.429. The van der Waals surface area contributed by atoms with Crippen molar-refractivity contribution in [2.24, 2.45) is 0 Å². The van der Waals surface area contributed by atoms with Crippen LogP contribution in [-0.2, 0) is 21.3 Å². The van der Waals surface area contributed by atoms with Crippen LogP contribution in [0.3, 0.4) is 0 Å². The third-order valence-electron chi connectivity index (χ3n) is 0. The van der Waals surface area contributed by atoms with E-state index in [-0.39, 0.29) is 16.5 Å². The molecular weight excluding hydrogens is 201 g/mol. The summed E-state index contributed by atoms with van der Waals surface area (Å²) in [5, 5.41) is 0. The third-order valence-corrected chi connectivity index (χ3v) is 0. The van der Waals surface area contributed by atoms with Crippen molar-refractivity contribution < 1.29 is 21.3 Å². The molecule has 0 aliphatic rings. The average molecular weight is 212 g/mol. The fourth-order valence-electron chi connectivity index (χ4n) is 0. The van der Waals surface area contributed by atoms with Crippen molar-refractivity contribution in [3.05, 3.63) is 34.3 Å². The van der Waals surface area contributed by atoms with Crippen molar-refractivity contribution in [2.45, 2.75) is 0 Å². The molecule has 0 saturated heterocycles. The Kier molecular flexibility index (Phi) is 697. The van der Waals surface area contributed by atoms with Gasteiger partial charge in [0.1, 0.15) is 6.79 Å². The number of nitrogens with zero attached hydrogens (tertiary/aromatic N) is 3. The third kappa shape index (κ3) is 269. The summed E-state index contributed by atoms with van der Waals surface area (Å²) in [6.45, 7) is 19.5. The largest absolute Gasteiger partial charge is 0.320 e. The Hall–Kier alpha value is -1.37. The fourth-order valence-corrected chi connectivity index (χ4v) is 0. The van der Waals surface area contributed by atoms with Gasteiger partial charge in [0.15, 0.2) is 0 Å². The average Bonchev–Trinajstić information content (AvgIpc) is 1.96. The summed E-state index contributed by atoms with van der Waals surface area (Å²) in [6.07, 6.45) is 0. The summed E-state index contributed by atoms with van der Waals surface area (Å²) in [5.74, 6) is 0. The maximum absolute atomic E-state index is 8.00. The predicted molar refractivity (Wildman–Crippen MR) is 44.7 cm³/mol.